The molecule has 3 heterocycles. The predicted molar refractivity (Wildman–Crippen MR) is 105 cm³/mol. The molecule has 30 heavy (non-hydrogen) atoms. The molecule has 3 fully saturated rings. The number of hydrogen-bond donors (Lipinski definition) is 0. The highest BCUT2D eigenvalue weighted by molar-refractivity contribution is 5.91. The lowest BCUT2D eigenvalue weighted by Crippen LogP contribution is -2.53. The molecule has 2 bridgehead atoms. The van der Waals surface area contributed by atoms with E-state index in [1.807, 2.05) is 0 Å². The fraction of sp³-hybridized carbons (Fsp3) is 0.364. The zero-order valence-corrected chi connectivity index (χ0v) is 16.3. The first-order chi connectivity index (χ1) is 14.5. The van der Waals surface area contributed by atoms with Gasteiger partial charge in [0.2, 0.25) is 0 Å². The average molecular weight is 416 g/mol. The number of piperidine rings is 3. The van der Waals surface area contributed by atoms with Gasteiger partial charge >= 0.3 is 12.1 Å². The van der Waals surface area contributed by atoms with Crippen LogP contribution in [0.25, 0.3) is 0 Å². The molecule has 3 saturated heterocycles. The van der Waals surface area contributed by atoms with E-state index in [-0.39, 0.29) is 23.3 Å². The molecule has 0 aromatic heterocycles. The topological polar surface area (TPSA) is 59.1 Å². The summed E-state index contributed by atoms with van der Waals surface area (Å²) in [7, 11) is 0. The Hall–Kier alpha value is -3.00. The Kier molecular flexibility index (Phi) is 5.94. The highest BCUT2D eigenvalue weighted by Crippen LogP contribution is 2.31. The van der Waals surface area contributed by atoms with Crippen LogP contribution in [0.3, 0.4) is 0 Å². The molecule has 0 spiro atoms. The van der Waals surface area contributed by atoms with Crippen LogP contribution in [0.1, 0.15) is 23.2 Å². The fourth-order valence-corrected chi connectivity index (χ4v) is 3.94. The number of esters is 1. The van der Waals surface area contributed by atoms with E-state index in [4.69, 9.17) is 9.47 Å². The van der Waals surface area contributed by atoms with Gasteiger partial charge in [-0.3, -0.25) is 4.90 Å². The van der Waals surface area contributed by atoms with Crippen LogP contribution in [0.15, 0.2) is 48.5 Å². The van der Waals surface area contributed by atoms with Crippen molar-refractivity contribution in [2.45, 2.75) is 18.9 Å². The minimum atomic E-state index is -1.21. The van der Waals surface area contributed by atoms with E-state index in [9.17, 15) is 18.4 Å². The molecule has 3 aliphatic rings. The Balaban J connectivity index is 1.51. The molecule has 1 atom stereocenters. The average Bonchev–Trinajstić information content (AvgIpc) is 2.78. The Morgan fingerprint density at radius 1 is 1.03 bits per heavy atom. The monoisotopic (exact) mass is 416 g/mol. The SMILES string of the molecule is O=C(OCN(C(=O)O[C@H]1CN2CCC1CC2)c1cccc(F)c1F)c1ccccc1. The third-order valence-electron chi connectivity index (χ3n) is 5.62. The second kappa shape index (κ2) is 8.79. The molecular weight excluding hydrogens is 394 g/mol. The van der Waals surface area contributed by atoms with Gasteiger partial charge < -0.3 is 9.47 Å². The lowest BCUT2D eigenvalue weighted by Gasteiger charge is -2.44. The third-order valence-corrected chi connectivity index (χ3v) is 5.62. The van der Waals surface area contributed by atoms with E-state index < -0.39 is 30.4 Å². The Bertz CT molecular complexity index is 917. The maximum atomic E-state index is 14.4. The maximum Gasteiger partial charge on any atom is 0.417 e. The van der Waals surface area contributed by atoms with Crippen LogP contribution in [0.5, 0.6) is 0 Å². The Morgan fingerprint density at radius 3 is 2.43 bits per heavy atom. The number of nitrogens with zero attached hydrogens (tertiary/aromatic N) is 2. The normalized spacial score (nSPS) is 22.4. The van der Waals surface area contributed by atoms with Gasteiger partial charge in [-0.25, -0.2) is 23.3 Å². The van der Waals surface area contributed by atoms with Crippen LogP contribution in [-0.4, -0.2) is 49.4 Å². The van der Waals surface area contributed by atoms with E-state index >= 15 is 0 Å². The van der Waals surface area contributed by atoms with Crippen molar-refractivity contribution in [3.63, 3.8) is 0 Å². The summed E-state index contributed by atoms with van der Waals surface area (Å²) < 4.78 is 39.0. The summed E-state index contributed by atoms with van der Waals surface area (Å²) in [6.07, 6.45) is 0.646. The molecule has 0 saturated carbocycles. The van der Waals surface area contributed by atoms with Gasteiger partial charge in [0.25, 0.3) is 0 Å². The number of rotatable bonds is 5. The van der Waals surface area contributed by atoms with E-state index in [0.717, 1.165) is 36.9 Å². The number of benzene rings is 2. The largest absolute Gasteiger partial charge is 0.444 e. The molecule has 2 aromatic carbocycles. The molecule has 3 aliphatic heterocycles. The van der Waals surface area contributed by atoms with Crippen molar-refractivity contribution in [2.24, 2.45) is 5.92 Å². The smallest absolute Gasteiger partial charge is 0.417 e. The van der Waals surface area contributed by atoms with Crippen LogP contribution in [-0.2, 0) is 9.47 Å². The highest BCUT2D eigenvalue weighted by atomic mass is 19.2. The van der Waals surface area contributed by atoms with Crippen LogP contribution in [0, 0.1) is 17.6 Å². The molecule has 6 nitrogen and oxygen atoms in total. The number of amides is 1. The van der Waals surface area contributed by atoms with Gasteiger partial charge in [-0.2, -0.15) is 0 Å². The number of fused-ring (bicyclic) bond motifs is 3. The molecule has 8 heteroatoms. The zero-order valence-electron chi connectivity index (χ0n) is 16.3. The molecule has 0 N–H and O–H groups in total. The van der Waals surface area contributed by atoms with Gasteiger partial charge in [0.05, 0.1) is 11.3 Å². The molecule has 0 unspecified atom stereocenters. The summed E-state index contributed by atoms with van der Waals surface area (Å²) in [5, 5.41) is 0. The molecule has 0 aliphatic carbocycles. The van der Waals surface area contributed by atoms with Gasteiger partial charge in [-0.1, -0.05) is 24.3 Å². The lowest BCUT2D eigenvalue weighted by atomic mass is 9.86. The van der Waals surface area contributed by atoms with Crippen molar-refractivity contribution in [3.05, 3.63) is 65.7 Å². The lowest BCUT2D eigenvalue weighted by molar-refractivity contribution is -0.0323. The number of halogens is 2. The van der Waals surface area contributed by atoms with Crippen molar-refractivity contribution >= 4 is 17.7 Å². The number of carbonyl (C=O) groups excluding carboxylic acids is 2. The summed E-state index contributed by atoms with van der Waals surface area (Å²) in [5.41, 5.74) is -0.0648. The first-order valence-corrected chi connectivity index (χ1v) is 9.89. The first-order valence-electron chi connectivity index (χ1n) is 9.89. The minimum absolute atomic E-state index is 0.241. The van der Waals surface area contributed by atoms with E-state index in [0.29, 0.717) is 6.54 Å². The number of anilines is 1. The molecule has 5 rings (SSSR count). The van der Waals surface area contributed by atoms with Crippen LogP contribution in [0.2, 0.25) is 0 Å². The van der Waals surface area contributed by atoms with Gasteiger partial charge in [-0.05, 0) is 56.1 Å². The third kappa shape index (κ3) is 4.28. The van der Waals surface area contributed by atoms with Crippen LogP contribution in [0.4, 0.5) is 19.3 Å². The van der Waals surface area contributed by atoms with Gasteiger partial charge in [0, 0.05) is 6.54 Å². The summed E-state index contributed by atoms with van der Waals surface area (Å²) in [6, 6.07) is 11.7. The number of hydrogen-bond acceptors (Lipinski definition) is 5. The summed E-state index contributed by atoms with van der Waals surface area (Å²) in [6.45, 7) is 1.94. The van der Waals surface area contributed by atoms with Gasteiger partial charge in [-0.15, -0.1) is 0 Å². The number of ether oxygens (including phenoxy) is 2. The second-order valence-electron chi connectivity index (χ2n) is 7.49. The van der Waals surface area contributed by atoms with Crippen molar-refractivity contribution in [2.75, 3.05) is 31.3 Å². The maximum absolute atomic E-state index is 14.4. The zero-order chi connectivity index (χ0) is 21.1. The predicted octanol–water partition coefficient (Wildman–Crippen LogP) is 3.82. The van der Waals surface area contributed by atoms with Crippen LogP contribution >= 0.6 is 0 Å². The Labute approximate surface area is 173 Å². The van der Waals surface area contributed by atoms with Gasteiger partial charge in [0.15, 0.2) is 18.4 Å². The quantitative estimate of drug-likeness (QED) is 0.548. The van der Waals surface area contributed by atoms with Crippen molar-refractivity contribution in [1.29, 1.82) is 0 Å². The summed E-state index contributed by atoms with van der Waals surface area (Å²) in [5.74, 6) is -2.76. The molecular formula is C22H22F2N2O4. The highest BCUT2D eigenvalue weighted by Gasteiger charge is 2.38. The van der Waals surface area contributed by atoms with Crippen molar-refractivity contribution < 1.29 is 27.8 Å². The van der Waals surface area contributed by atoms with E-state index in [1.165, 1.54) is 12.1 Å². The van der Waals surface area contributed by atoms with E-state index in [2.05, 4.69) is 4.90 Å². The molecule has 158 valence electrons. The Morgan fingerprint density at radius 2 is 1.77 bits per heavy atom. The fourth-order valence-electron chi connectivity index (χ4n) is 3.94. The molecule has 0 radical (unpaired) electrons. The second-order valence-corrected chi connectivity index (χ2v) is 7.49. The molecule has 2 aromatic rings. The minimum Gasteiger partial charge on any atom is -0.444 e. The van der Waals surface area contributed by atoms with Crippen LogP contribution < -0.4 is 4.90 Å². The van der Waals surface area contributed by atoms with Gasteiger partial charge in [0.1, 0.15) is 6.10 Å². The summed E-state index contributed by atoms with van der Waals surface area (Å²) >= 11 is 0. The first kappa shape index (κ1) is 20.3. The summed E-state index contributed by atoms with van der Waals surface area (Å²) in [4.78, 5) is 28.2. The standard InChI is InChI=1S/C22H22F2N2O4/c23-17-7-4-8-18(20(17)24)26(14-29-21(27)16-5-2-1-3-6-16)22(28)30-19-13-25-11-9-15(19)10-12-25/h1-8,15,19H,9-14H2/t19-/m0/s1. The van der Waals surface area contributed by atoms with Crippen molar-refractivity contribution in [1.82, 2.24) is 4.90 Å². The number of carbonyl (C=O) groups is 2. The van der Waals surface area contributed by atoms with E-state index in [1.54, 1.807) is 30.3 Å². The van der Waals surface area contributed by atoms with Crippen molar-refractivity contribution in [3.8, 4) is 0 Å². The molecule has 1 amide bonds.